The highest BCUT2D eigenvalue weighted by Crippen LogP contribution is 2.13. The average molecular weight is 206 g/mol. The zero-order chi connectivity index (χ0) is 9.84. The van der Waals surface area contributed by atoms with Crippen molar-refractivity contribution in [2.75, 3.05) is 11.5 Å². The third kappa shape index (κ3) is 2.73. The van der Waals surface area contributed by atoms with E-state index >= 15 is 0 Å². The molecule has 0 aliphatic rings. The molecule has 0 bridgehead atoms. The number of anilines is 1. The molecular weight excluding hydrogens is 198 g/mol. The van der Waals surface area contributed by atoms with Crippen molar-refractivity contribution in [2.24, 2.45) is 0 Å². The van der Waals surface area contributed by atoms with Crippen LogP contribution in [0.25, 0.3) is 0 Å². The molecule has 0 fully saturated rings. The summed E-state index contributed by atoms with van der Waals surface area (Å²) in [5.41, 5.74) is 5.58. The molecule has 0 saturated carbocycles. The molecule has 0 aromatic carbocycles. The van der Waals surface area contributed by atoms with Crippen LogP contribution < -0.4 is 5.73 Å². The van der Waals surface area contributed by atoms with Gasteiger partial charge in [0.25, 0.3) is 0 Å². The molecule has 6 heteroatoms. The third-order valence-electron chi connectivity index (χ3n) is 1.29. The van der Waals surface area contributed by atoms with Gasteiger partial charge in [-0.25, -0.2) is 13.8 Å². The van der Waals surface area contributed by atoms with Crippen LogP contribution in [0.2, 0.25) is 0 Å². The first-order valence-electron chi connectivity index (χ1n) is 3.48. The fraction of sp³-hybridized carbons (Fsp3) is 0.286. The van der Waals surface area contributed by atoms with E-state index in [1.54, 1.807) is 6.07 Å². The molecule has 13 heavy (non-hydrogen) atoms. The Morgan fingerprint density at radius 3 is 2.85 bits per heavy atom. The first-order chi connectivity index (χ1) is 6.11. The smallest absolute Gasteiger partial charge is 0.250 e. The van der Waals surface area contributed by atoms with Crippen molar-refractivity contribution in [3.05, 3.63) is 18.3 Å². The van der Waals surface area contributed by atoms with Gasteiger partial charge in [-0.1, -0.05) is 0 Å². The number of nitrogen functional groups attached to an aromatic ring is 1. The predicted octanol–water partition coefficient (Wildman–Crippen LogP) is 1.04. The molecule has 0 aliphatic heterocycles. The summed E-state index contributed by atoms with van der Waals surface area (Å²) in [6.07, 6.45) is -1.24. The van der Waals surface area contributed by atoms with Crippen LogP contribution >= 0.6 is 0 Å². The summed E-state index contributed by atoms with van der Waals surface area (Å²) in [5, 5.41) is 0.0304. The second kappa shape index (κ2) is 4.27. The van der Waals surface area contributed by atoms with E-state index in [1.807, 2.05) is 0 Å². The number of aromatic nitrogens is 1. The molecule has 0 spiro atoms. The van der Waals surface area contributed by atoms with E-state index in [2.05, 4.69) is 4.98 Å². The van der Waals surface area contributed by atoms with Crippen molar-refractivity contribution < 1.29 is 13.0 Å². The minimum Gasteiger partial charge on any atom is -0.396 e. The molecule has 72 valence electrons. The summed E-state index contributed by atoms with van der Waals surface area (Å²) in [6, 6.07) is 3.03. The minimum absolute atomic E-state index is 0.0304. The van der Waals surface area contributed by atoms with Gasteiger partial charge in [-0.05, 0) is 12.1 Å². The van der Waals surface area contributed by atoms with Crippen molar-refractivity contribution in [1.82, 2.24) is 4.98 Å². The number of pyridine rings is 1. The quantitative estimate of drug-likeness (QED) is 0.803. The fourth-order valence-electron chi connectivity index (χ4n) is 0.787. The molecule has 1 aromatic heterocycles. The number of nitrogens with two attached hydrogens (primary N) is 1. The molecule has 1 aromatic rings. The fourth-order valence-corrected chi connectivity index (χ4v) is 1.68. The standard InChI is InChI=1S/C7H8F2N2OS/c8-6(9)4-13(12)7-5(10)2-1-3-11-7/h1-3,6H,4,10H2. The maximum Gasteiger partial charge on any atom is 0.250 e. The molecule has 1 unspecified atom stereocenters. The Labute approximate surface area is 76.4 Å². The van der Waals surface area contributed by atoms with E-state index in [1.165, 1.54) is 12.3 Å². The van der Waals surface area contributed by atoms with Gasteiger partial charge >= 0.3 is 0 Å². The molecule has 0 radical (unpaired) electrons. The molecule has 0 aliphatic carbocycles. The Hall–Kier alpha value is -1.04. The predicted molar refractivity (Wildman–Crippen MR) is 45.9 cm³/mol. The second-order valence-corrected chi connectivity index (χ2v) is 3.71. The number of alkyl halides is 2. The van der Waals surface area contributed by atoms with Crippen LogP contribution in [0.3, 0.4) is 0 Å². The Balaban J connectivity index is 2.83. The van der Waals surface area contributed by atoms with E-state index in [9.17, 15) is 13.0 Å². The maximum atomic E-state index is 11.8. The van der Waals surface area contributed by atoms with Crippen molar-refractivity contribution in [2.45, 2.75) is 11.5 Å². The van der Waals surface area contributed by atoms with Crippen LogP contribution in [0.1, 0.15) is 0 Å². The van der Waals surface area contributed by atoms with Crippen LogP contribution in [-0.2, 0) is 10.8 Å². The highest BCUT2D eigenvalue weighted by atomic mass is 32.2. The molecule has 1 rings (SSSR count). The molecule has 1 heterocycles. The van der Waals surface area contributed by atoms with E-state index in [4.69, 9.17) is 5.73 Å². The van der Waals surface area contributed by atoms with Gasteiger partial charge in [-0.15, -0.1) is 0 Å². The summed E-state index contributed by atoms with van der Waals surface area (Å²) in [7, 11) is -1.81. The highest BCUT2D eigenvalue weighted by molar-refractivity contribution is 7.85. The van der Waals surface area contributed by atoms with E-state index in [0.29, 0.717) is 0 Å². The van der Waals surface area contributed by atoms with Crippen LogP contribution in [0.4, 0.5) is 14.5 Å². The Bertz CT molecular complexity index is 319. The molecular formula is C7H8F2N2OS. The van der Waals surface area contributed by atoms with Crippen LogP contribution in [0, 0.1) is 0 Å². The number of halogens is 2. The third-order valence-corrected chi connectivity index (χ3v) is 2.62. The number of nitrogens with zero attached hydrogens (tertiary/aromatic N) is 1. The minimum atomic E-state index is -2.61. The molecule has 3 nitrogen and oxygen atoms in total. The lowest BCUT2D eigenvalue weighted by Crippen LogP contribution is -2.10. The van der Waals surface area contributed by atoms with E-state index in [0.717, 1.165) is 0 Å². The lowest BCUT2D eigenvalue weighted by atomic mass is 10.4. The topological polar surface area (TPSA) is 56.0 Å². The summed E-state index contributed by atoms with van der Waals surface area (Å²) >= 11 is 0. The number of hydrogen-bond donors (Lipinski definition) is 1. The average Bonchev–Trinajstić information content (AvgIpc) is 2.03. The van der Waals surface area contributed by atoms with Gasteiger partial charge in [0.05, 0.1) is 22.2 Å². The van der Waals surface area contributed by atoms with Crippen LogP contribution in [0.5, 0.6) is 0 Å². The van der Waals surface area contributed by atoms with Crippen molar-refractivity contribution in [3.63, 3.8) is 0 Å². The Morgan fingerprint density at radius 2 is 2.31 bits per heavy atom. The van der Waals surface area contributed by atoms with Gasteiger partial charge in [0.15, 0.2) is 0 Å². The zero-order valence-corrected chi connectivity index (χ0v) is 7.43. The van der Waals surface area contributed by atoms with Gasteiger partial charge in [-0.2, -0.15) is 0 Å². The van der Waals surface area contributed by atoms with Crippen LogP contribution in [0.15, 0.2) is 23.4 Å². The molecule has 1 atom stereocenters. The lowest BCUT2D eigenvalue weighted by molar-refractivity contribution is 0.175. The zero-order valence-electron chi connectivity index (χ0n) is 6.61. The molecule has 2 N–H and O–H groups in total. The van der Waals surface area contributed by atoms with Crippen LogP contribution in [-0.4, -0.2) is 21.4 Å². The first kappa shape index (κ1) is 10.0. The second-order valence-electron chi connectivity index (χ2n) is 2.30. The Kier molecular flexibility index (Phi) is 3.30. The highest BCUT2D eigenvalue weighted by Gasteiger charge is 2.14. The summed E-state index contributed by atoms with van der Waals surface area (Å²) < 4.78 is 34.8. The summed E-state index contributed by atoms with van der Waals surface area (Å²) in [4.78, 5) is 3.67. The van der Waals surface area contributed by atoms with Gasteiger partial charge in [0.1, 0.15) is 5.03 Å². The van der Waals surface area contributed by atoms with Gasteiger partial charge in [0.2, 0.25) is 6.43 Å². The molecule has 0 saturated heterocycles. The van der Waals surface area contributed by atoms with Crippen molar-refractivity contribution >= 4 is 16.5 Å². The van der Waals surface area contributed by atoms with Gasteiger partial charge < -0.3 is 5.73 Å². The molecule has 0 amide bonds. The van der Waals surface area contributed by atoms with E-state index in [-0.39, 0.29) is 10.7 Å². The van der Waals surface area contributed by atoms with Crippen molar-refractivity contribution in [1.29, 1.82) is 0 Å². The van der Waals surface area contributed by atoms with Gasteiger partial charge in [-0.3, -0.25) is 4.21 Å². The van der Waals surface area contributed by atoms with E-state index < -0.39 is 23.0 Å². The summed E-state index contributed by atoms with van der Waals surface area (Å²) in [6.45, 7) is 0. The number of rotatable bonds is 3. The lowest BCUT2D eigenvalue weighted by Gasteiger charge is -2.02. The van der Waals surface area contributed by atoms with Crippen molar-refractivity contribution in [3.8, 4) is 0 Å². The summed E-state index contributed by atoms with van der Waals surface area (Å²) in [5.74, 6) is -0.721. The Morgan fingerprint density at radius 1 is 1.62 bits per heavy atom. The monoisotopic (exact) mass is 206 g/mol. The normalized spacial score (nSPS) is 13.2. The SMILES string of the molecule is Nc1cccnc1S(=O)CC(F)F. The largest absolute Gasteiger partial charge is 0.396 e. The number of hydrogen-bond acceptors (Lipinski definition) is 3. The van der Waals surface area contributed by atoms with Gasteiger partial charge in [0, 0.05) is 6.20 Å². The maximum absolute atomic E-state index is 11.8. The first-order valence-corrected chi connectivity index (χ1v) is 4.80.